The smallest absolute Gasteiger partial charge is 0.252 e. The molecule has 1 aliphatic carbocycles. The van der Waals surface area contributed by atoms with Gasteiger partial charge < -0.3 is 15.8 Å². The summed E-state index contributed by atoms with van der Waals surface area (Å²) in [7, 11) is 0. The number of carbonyl (C=O) groups excluding carboxylic acids is 1. The molecule has 6 heteroatoms. The Morgan fingerprint density at radius 3 is 3.06 bits per heavy atom. The maximum atomic E-state index is 11.9. The lowest BCUT2D eigenvalue weighted by molar-refractivity contribution is -0.0300. The number of halogens is 1. The van der Waals surface area contributed by atoms with E-state index < -0.39 is 0 Å². The van der Waals surface area contributed by atoms with Crippen LogP contribution in [0, 0.1) is 0 Å². The minimum atomic E-state index is -0.0863. The van der Waals surface area contributed by atoms with E-state index in [1.807, 2.05) is 12.3 Å². The van der Waals surface area contributed by atoms with E-state index in [4.69, 9.17) is 10.5 Å². The minimum Gasteiger partial charge on any atom is -0.376 e. The summed E-state index contributed by atoms with van der Waals surface area (Å²) in [5.41, 5.74) is 6.54. The number of carbonyl (C=O) groups is 1. The van der Waals surface area contributed by atoms with Gasteiger partial charge in [-0.2, -0.15) is 0 Å². The van der Waals surface area contributed by atoms with Crippen molar-refractivity contribution < 1.29 is 9.53 Å². The fourth-order valence-electron chi connectivity index (χ4n) is 1.89. The highest BCUT2D eigenvalue weighted by Crippen LogP contribution is 2.24. The summed E-state index contributed by atoms with van der Waals surface area (Å²) < 4.78 is 6.45. The summed E-state index contributed by atoms with van der Waals surface area (Å²) in [4.78, 5) is 11.9. The number of hydrogen-bond acceptors (Lipinski definition) is 4. The van der Waals surface area contributed by atoms with Gasteiger partial charge in [0.05, 0.1) is 21.5 Å². The van der Waals surface area contributed by atoms with Crippen LogP contribution in [0.3, 0.4) is 0 Å². The Kier molecular flexibility index (Phi) is 4.19. The van der Waals surface area contributed by atoms with Crippen molar-refractivity contribution >= 4 is 33.2 Å². The molecule has 0 aromatic carbocycles. The molecule has 0 bridgehead atoms. The van der Waals surface area contributed by atoms with E-state index in [0.717, 1.165) is 10.2 Å². The molecule has 2 rings (SSSR count). The predicted octanol–water partition coefficient (Wildman–Crippen LogP) is 1.75. The van der Waals surface area contributed by atoms with Crippen LogP contribution in [0.5, 0.6) is 0 Å². The first-order chi connectivity index (χ1) is 8.11. The van der Waals surface area contributed by atoms with Gasteiger partial charge in [0.2, 0.25) is 0 Å². The third-order valence-electron chi connectivity index (χ3n) is 2.87. The van der Waals surface area contributed by atoms with Crippen LogP contribution >= 0.6 is 27.3 Å². The van der Waals surface area contributed by atoms with Gasteiger partial charge in [-0.1, -0.05) is 0 Å². The van der Waals surface area contributed by atoms with Gasteiger partial charge in [0, 0.05) is 18.0 Å². The second kappa shape index (κ2) is 5.48. The zero-order chi connectivity index (χ0) is 12.4. The summed E-state index contributed by atoms with van der Waals surface area (Å²) in [6, 6.07) is 1.73. The van der Waals surface area contributed by atoms with E-state index >= 15 is 0 Å². The number of amides is 1. The third-order valence-corrected chi connectivity index (χ3v) is 4.38. The first kappa shape index (κ1) is 13.0. The van der Waals surface area contributed by atoms with Crippen LogP contribution < -0.4 is 11.1 Å². The molecule has 1 saturated carbocycles. The number of nitrogens with one attached hydrogen (secondary N) is 1. The SMILES string of the molecule is CCOC1CC(N)C1NC(=O)c1csc(Br)c1. The van der Waals surface area contributed by atoms with Crippen LogP contribution in [0.25, 0.3) is 0 Å². The van der Waals surface area contributed by atoms with Gasteiger partial charge in [-0.05, 0) is 35.3 Å². The number of thiophene rings is 1. The van der Waals surface area contributed by atoms with Gasteiger partial charge in [0.1, 0.15) is 0 Å². The highest BCUT2D eigenvalue weighted by Gasteiger charge is 2.40. The summed E-state index contributed by atoms with van der Waals surface area (Å²) in [6.07, 6.45) is 0.868. The average Bonchev–Trinajstić information content (AvgIpc) is 2.72. The number of hydrogen-bond donors (Lipinski definition) is 2. The van der Waals surface area contributed by atoms with Gasteiger partial charge >= 0.3 is 0 Å². The molecule has 1 amide bonds. The summed E-state index contributed by atoms with van der Waals surface area (Å²) in [5, 5.41) is 4.75. The van der Waals surface area contributed by atoms with Crippen LogP contribution in [0.1, 0.15) is 23.7 Å². The summed E-state index contributed by atoms with van der Waals surface area (Å²) in [6.45, 7) is 2.59. The minimum absolute atomic E-state index is 0.00224. The van der Waals surface area contributed by atoms with Crippen molar-refractivity contribution in [3.8, 4) is 0 Å². The van der Waals surface area contributed by atoms with Gasteiger partial charge in [0.15, 0.2) is 0 Å². The molecule has 0 saturated heterocycles. The van der Waals surface area contributed by atoms with Crippen molar-refractivity contribution in [1.82, 2.24) is 5.32 Å². The second-order valence-corrected chi connectivity index (χ2v) is 6.32. The van der Waals surface area contributed by atoms with Crippen molar-refractivity contribution in [3.63, 3.8) is 0 Å². The van der Waals surface area contributed by atoms with Crippen LogP contribution in [0.2, 0.25) is 0 Å². The van der Waals surface area contributed by atoms with Crippen LogP contribution in [0.15, 0.2) is 15.2 Å². The van der Waals surface area contributed by atoms with E-state index in [1.165, 1.54) is 11.3 Å². The lowest BCUT2D eigenvalue weighted by Gasteiger charge is -2.42. The largest absolute Gasteiger partial charge is 0.376 e. The van der Waals surface area contributed by atoms with Crippen molar-refractivity contribution in [2.45, 2.75) is 31.5 Å². The quantitative estimate of drug-likeness (QED) is 0.889. The standard InChI is InChI=1S/C11H15BrN2O2S/c1-2-16-8-4-7(13)10(8)14-11(15)6-3-9(12)17-5-6/h3,5,7-8,10H,2,4,13H2,1H3,(H,14,15). The van der Waals surface area contributed by atoms with Crippen LogP contribution in [0.4, 0.5) is 0 Å². The monoisotopic (exact) mass is 318 g/mol. The molecule has 3 unspecified atom stereocenters. The Morgan fingerprint density at radius 2 is 2.53 bits per heavy atom. The fraction of sp³-hybridized carbons (Fsp3) is 0.545. The van der Waals surface area contributed by atoms with E-state index in [0.29, 0.717) is 12.2 Å². The molecule has 94 valence electrons. The lowest BCUT2D eigenvalue weighted by atomic mass is 9.83. The number of rotatable bonds is 4. The molecule has 1 aromatic heterocycles. The zero-order valence-electron chi connectivity index (χ0n) is 9.48. The van der Waals surface area contributed by atoms with Gasteiger partial charge in [-0.15, -0.1) is 11.3 Å². The van der Waals surface area contributed by atoms with Crippen molar-refractivity contribution in [2.75, 3.05) is 6.61 Å². The maximum absolute atomic E-state index is 11.9. The molecule has 1 fully saturated rings. The van der Waals surface area contributed by atoms with Gasteiger partial charge in [-0.3, -0.25) is 4.79 Å². The summed E-state index contributed by atoms with van der Waals surface area (Å²) >= 11 is 4.83. The van der Waals surface area contributed by atoms with E-state index in [9.17, 15) is 4.79 Å². The first-order valence-corrected chi connectivity index (χ1v) is 7.21. The third kappa shape index (κ3) is 2.88. The van der Waals surface area contributed by atoms with E-state index in [1.54, 1.807) is 6.07 Å². The molecule has 0 spiro atoms. The van der Waals surface area contributed by atoms with Crippen molar-refractivity contribution in [2.24, 2.45) is 5.73 Å². The molecule has 1 aromatic rings. The Hall–Kier alpha value is -0.430. The first-order valence-electron chi connectivity index (χ1n) is 5.54. The average molecular weight is 319 g/mol. The van der Waals surface area contributed by atoms with Crippen molar-refractivity contribution in [3.05, 3.63) is 20.8 Å². The van der Waals surface area contributed by atoms with Crippen LogP contribution in [-0.2, 0) is 4.74 Å². The molecule has 1 heterocycles. The fourth-order valence-corrected chi connectivity index (χ4v) is 3.03. The molecule has 0 radical (unpaired) electrons. The normalized spacial score (nSPS) is 27.6. The lowest BCUT2D eigenvalue weighted by Crippen LogP contribution is -2.64. The Morgan fingerprint density at radius 1 is 1.76 bits per heavy atom. The number of nitrogens with two attached hydrogens (primary N) is 1. The Labute approximate surface area is 113 Å². The highest BCUT2D eigenvalue weighted by atomic mass is 79.9. The van der Waals surface area contributed by atoms with Crippen LogP contribution in [-0.4, -0.2) is 30.7 Å². The molecule has 3 atom stereocenters. The molecule has 0 aliphatic heterocycles. The molecule has 1 aliphatic rings. The van der Waals surface area contributed by atoms with Gasteiger partial charge in [0.25, 0.3) is 5.91 Å². The molecular formula is C11H15BrN2O2S. The Bertz CT molecular complexity index is 408. The summed E-state index contributed by atoms with van der Waals surface area (Å²) in [5.74, 6) is -0.0863. The van der Waals surface area contributed by atoms with E-state index in [-0.39, 0.29) is 24.1 Å². The van der Waals surface area contributed by atoms with Crippen molar-refractivity contribution in [1.29, 1.82) is 0 Å². The highest BCUT2D eigenvalue weighted by molar-refractivity contribution is 9.11. The Balaban J connectivity index is 1.94. The van der Waals surface area contributed by atoms with E-state index in [2.05, 4.69) is 21.2 Å². The molecule has 17 heavy (non-hydrogen) atoms. The molecular weight excluding hydrogens is 304 g/mol. The number of ether oxygens (including phenoxy) is 1. The molecule has 3 N–H and O–H groups in total. The maximum Gasteiger partial charge on any atom is 0.252 e. The van der Waals surface area contributed by atoms with Gasteiger partial charge in [-0.25, -0.2) is 0 Å². The second-order valence-electron chi connectivity index (χ2n) is 4.03. The molecule has 4 nitrogen and oxygen atoms in total. The predicted molar refractivity (Wildman–Crippen MR) is 71.3 cm³/mol. The zero-order valence-corrected chi connectivity index (χ0v) is 11.9. The topological polar surface area (TPSA) is 64.3 Å².